The summed E-state index contributed by atoms with van der Waals surface area (Å²) in [5, 5.41) is 0. The zero-order valence-electron chi connectivity index (χ0n) is 11.8. The van der Waals surface area contributed by atoms with Crippen LogP contribution in [0.1, 0.15) is 43.1 Å². The van der Waals surface area contributed by atoms with Gasteiger partial charge in [-0.3, -0.25) is 0 Å². The molecule has 5 nitrogen and oxygen atoms in total. The molecule has 0 bridgehead atoms. The molecule has 0 spiro atoms. The number of ether oxygens (including phenoxy) is 1. The van der Waals surface area contributed by atoms with E-state index in [1.54, 1.807) is 6.20 Å². The lowest BCUT2D eigenvalue weighted by Gasteiger charge is -2.34. The predicted molar refractivity (Wildman–Crippen MR) is 73.2 cm³/mol. The van der Waals surface area contributed by atoms with Crippen LogP contribution in [0.3, 0.4) is 0 Å². The van der Waals surface area contributed by atoms with E-state index >= 15 is 0 Å². The second kappa shape index (κ2) is 5.99. The molecule has 5 heteroatoms. The van der Waals surface area contributed by atoms with Crippen molar-refractivity contribution in [3.63, 3.8) is 0 Å². The van der Waals surface area contributed by atoms with Crippen molar-refractivity contribution < 1.29 is 9.53 Å². The maximum Gasteiger partial charge on any atom is 0.358 e. The molecule has 0 atom stereocenters. The Morgan fingerprint density at radius 2 is 1.95 bits per heavy atom. The molecule has 0 amide bonds. The smallest absolute Gasteiger partial charge is 0.358 e. The van der Waals surface area contributed by atoms with Gasteiger partial charge in [-0.25, -0.2) is 14.8 Å². The lowest BCUT2D eigenvalue weighted by molar-refractivity contribution is 0.0593. The molecule has 1 aromatic rings. The highest BCUT2D eigenvalue weighted by Crippen LogP contribution is 2.28. The fourth-order valence-electron chi connectivity index (χ4n) is 2.53. The topological polar surface area (TPSA) is 55.3 Å². The van der Waals surface area contributed by atoms with E-state index in [0.717, 1.165) is 11.7 Å². The van der Waals surface area contributed by atoms with Crippen molar-refractivity contribution in [2.45, 2.75) is 38.6 Å². The van der Waals surface area contributed by atoms with Crippen LogP contribution in [-0.2, 0) is 4.74 Å². The zero-order chi connectivity index (χ0) is 13.8. The van der Waals surface area contributed by atoms with E-state index in [2.05, 4.69) is 26.5 Å². The molecule has 1 aromatic heterocycles. The zero-order valence-corrected chi connectivity index (χ0v) is 11.8. The first-order chi connectivity index (χ1) is 9.11. The van der Waals surface area contributed by atoms with Gasteiger partial charge in [-0.2, -0.15) is 0 Å². The second-order valence-corrected chi connectivity index (χ2v) is 5.28. The lowest BCUT2D eigenvalue weighted by atomic mass is 9.87. The number of hydrogen-bond acceptors (Lipinski definition) is 5. The SMILES string of the molecule is COC(=O)c1cnc(N(C)C2CCC(C)CC2)cn1. The molecule has 0 aromatic carbocycles. The van der Waals surface area contributed by atoms with Gasteiger partial charge in [0.15, 0.2) is 5.69 Å². The Balaban J connectivity index is 2.03. The van der Waals surface area contributed by atoms with Crippen molar-refractivity contribution in [3.05, 3.63) is 18.1 Å². The minimum absolute atomic E-state index is 0.247. The van der Waals surface area contributed by atoms with Crippen LogP contribution in [0.15, 0.2) is 12.4 Å². The summed E-state index contributed by atoms with van der Waals surface area (Å²) in [7, 11) is 3.38. The summed E-state index contributed by atoms with van der Waals surface area (Å²) >= 11 is 0. The first-order valence-corrected chi connectivity index (χ1v) is 6.75. The number of aromatic nitrogens is 2. The molecule has 1 aliphatic rings. The molecule has 104 valence electrons. The van der Waals surface area contributed by atoms with Crippen molar-refractivity contribution in [3.8, 4) is 0 Å². The summed E-state index contributed by atoms with van der Waals surface area (Å²) in [4.78, 5) is 21.9. The summed E-state index contributed by atoms with van der Waals surface area (Å²) in [5.74, 6) is 1.19. The standard InChI is InChI=1S/C14H21N3O2/c1-10-4-6-11(7-5-10)17(2)13-9-15-12(8-16-13)14(18)19-3/h8-11H,4-7H2,1-3H3. The highest BCUT2D eigenvalue weighted by Gasteiger charge is 2.22. The van der Waals surface area contributed by atoms with E-state index in [-0.39, 0.29) is 5.69 Å². The summed E-state index contributed by atoms with van der Waals surface area (Å²) in [6.45, 7) is 2.31. The minimum atomic E-state index is -0.451. The monoisotopic (exact) mass is 263 g/mol. The van der Waals surface area contributed by atoms with Crippen molar-refractivity contribution in [1.29, 1.82) is 0 Å². The predicted octanol–water partition coefficient (Wildman–Crippen LogP) is 2.28. The lowest BCUT2D eigenvalue weighted by Crippen LogP contribution is -2.35. The van der Waals surface area contributed by atoms with E-state index in [1.807, 2.05) is 7.05 Å². The van der Waals surface area contributed by atoms with Crippen LogP contribution in [0.5, 0.6) is 0 Å². The van der Waals surface area contributed by atoms with E-state index in [9.17, 15) is 4.79 Å². The van der Waals surface area contributed by atoms with E-state index in [4.69, 9.17) is 0 Å². The van der Waals surface area contributed by atoms with Crippen molar-refractivity contribution in [2.24, 2.45) is 5.92 Å². The maximum atomic E-state index is 11.3. The van der Waals surface area contributed by atoms with E-state index < -0.39 is 5.97 Å². The molecule has 2 rings (SSSR count). The minimum Gasteiger partial charge on any atom is -0.464 e. The van der Waals surface area contributed by atoms with Crippen molar-refractivity contribution in [2.75, 3.05) is 19.1 Å². The molecule has 0 saturated heterocycles. The molecule has 0 radical (unpaired) electrons. The Kier molecular flexibility index (Phi) is 4.35. The number of carbonyl (C=O) groups excluding carboxylic acids is 1. The highest BCUT2D eigenvalue weighted by atomic mass is 16.5. The van der Waals surface area contributed by atoms with Crippen LogP contribution < -0.4 is 4.90 Å². The summed E-state index contributed by atoms with van der Waals surface area (Å²) in [5.41, 5.74) is 0.247. The molecular formula is C14H21N3O2. The Labute approximate surface area is 114 Å². The van der Waals surface area contributed by atoms with Gasteiger partial charge in [-0.1, -0.05) is 6.92 Å². The van der Waals surface area contributed by atoms with Gasteiger partial charge < -0.3 is 9.64 Å². The van der Waals surface area contributed by atoms with Crippen LogP contribution >= 0.6 is 0 Å². The van der Waals surface area contributed by atoms with Crippen molar-refractivity contribution in [1.82, 2.24) is 9.97 Å². The van der Waals surface area contributed by atoms with Gasteiger partial charge in [0.1, 0.15) is 5.82 Å². The molecular weight excluding hydrogens is 242 g/mol. The highest BCUT2D eigenvalue weighted by molar-refractivity contribution is 5.86. The third-order valence-electron chi connectivity index (χ3n) is 3.93. The van der Waals surface area contributed by atoms with Gasteiger partial charge in [0.05, 0.1) is 19.5 Å². The Morgan fingerprint density at radius 1 is 1.26 bits per heavy atom. The molecule has 1 fully saturated rings. The van der Waals surface area contributed by atoms with Crippen LogP contribution in [-0.4, -0.2) is 36.1 Å². The third-order valence-corrected chi connectivity index (χ3v) is 3.93. The van der Waals surface area contributed by atoms with Gasteiger partial charge in [0.25, 0.3) is 0 Å². The summed E-state index contributed by atoms with van der Waals surface area (Å²) < 4.78 is 4.61. The number of anilines is 1. The van der Waals surface area contributed by atoms with Crippen molar-refractivity contribution >= 4 is 11.8 Å². The molecule has 0 N–H and O–H groups in total. The first-order valence-electron chi connectivity index (χ1n) is 6.75. The summed E-state index contributed by atoms with van der Waals surface area (Å²) in [6, 6.07) is 0.523. The fourth-order valence-corrected chi connectivity index (χ4v) is 2.53. The number of esters is 1. The number of carbonyl (C=O) groups is 1. The average molecular weight is 263 g/mol. The number of hydrogen-bond donors (Lipinski definition) is 0. The van der Waals surface area contributed by atoms with Gasteiger partial charge in [-0.05, 0) is 31.6 Å². The molecule has 0 aliphatic heterocycles. The van der Waals surface area contributed by atoms with E-state index in [0.29, 0.717) is 6.04 Å². The Morgan fingerprint density at radius 3 is 2.47 bits per heavy atom. The van der Waals surface area contributed by atoms with Crippen LogP contribution in [0, 0.1) is 5.92 Å². The third kappa shape index (κ3) is 3.22. The van der Waals surface area contributed by atoms with Gasteiger partial charge in [0, 0.05) is 13.1 Å². The molecule has 1 heterocycles. The second-order valence-electron chi connectivity index (χ2n) is 5.28. The van der Waals surface area contributed by atoms with Crippen LogP contribution in [0.4, 0.5) is 5.82 Å². The van der Waals surface area contributed by atoms with Gasteiger partial charge >= 0.3 is 5.97 Å². The number of nitrogens with zero attached hydrogens (tertiary/aromatic N) is 3. The van der Waals surface area contributed by atoms with Crippen LogP contribution in [0.25, 0.3) is 0 Å². The molecule has 1 aliphatic carbocycles. The number of rotatable bonds is 3. The molecule has 1 saturated carbocycles. The Bertz CT molecular complexity index is 425. The normalized spacial score (nSPS) is 22.9. The van der Waals surface area contributed by atoms with Gasteiger partial charge in [0.2, 0.25) is 0 Å². The van der Waals surface area contributed by atoms with Crippen LogP contribution in [0.2, 0.25) is 0 Å². The first kappa shape index (κ1) is 13.8. The fraction of sp³-hybridized carbons (Fsp3) is 0.643. The molecule has 19 heavy (non-hydrogen) atoms. The van der Waals surface area contributed by atoms with Gasteiger partial charge in [-0.15, -0.1) is 0 Å². The number of methoxy groups -OCH3 is 1. The van der Waals surface area contributed by atoms with E-state index in [1.165, 1.54) is 39.0 Å². The maximum absolute atomic E-state index is 11.3. The quantitative estimate of drug-likeness (QED) is 0.783. The Hall–Kier alpha value is -1.65. The average Bonchev–Trinajstić information content (AvgIpc) is 2.46. The molecule has 0 unspecified atom stereocenters. The summed E-state index contributed by atoms with van der Waals surface area (Å²) in [6.07, 6.45) is 8.04. The largest absolute Gasteiger partial charge is 0.464 e.